The van der Waals surface area contributed by atoms with Gasteiger partial charge in [0, 0.05) is 0 Å². The van der Waals surface area contributed by atoms with Gasteiger partial charge in [0.05, 0.1) is 0 Å². The van der Waals surface area contributed by atoms with E-state index < -0.39 is 0 Å². The second-order valence-electron chi connectivity index (χ2n) is 4.86. The summed E-state index contributed by atoms with van der Waals surface area (Å²) in [6.45, 7) is 6.02. The van der Waals surface area contributed by atoms with Gasteiger partial charge in [0.25, 0.3) is 0 Å². The molecule has 0 aliphatic rings. The number of aryl methyl sites for hydroxylation is 3. The second kappa shape index (κ2) is 4.72. The van der Waals surface area contributed by atoms with Crippen LogP contribution in [-0.4, -0.2) is 23.5 Å². The van der Waals surface area contributed by atoms with Crippen LogP contribution in [0.2, 0.25) is 0 Å². The van der Waals surface area contributed by atoms with Gasteiger partial charge in [-0.1, -0.05) is 51.8 Å². The average Bonchev–Trinajstić information content (AvgIpc) is 2.20. The Hall–Kier alpha value is -1.37. The molecule has 0 aromatic heterocycles. The molecular weight excluding hydrogens is 213 g/mol. The molecule has 0 nitrogen and oxygen atoms in total. The van der Waals surface area contributed by atoms with Gasteiger partial charge in [-0.3, -0.25) is 0 Å². The minimum Gasteiger partial charge on any atom is -0.0893 e. The highest BCUT2D eigenvalue weighted by Gasteiger charge is 2.11. The summed E-state index contributed by atoms with van der Waals surface area (Å²) in [6, 6.07) is 7.88. The van der Waals surface area contributed by atoms with E-state index in [4.69, 9.17) is 23.5 Å². The van der Waals surface area contributed by atoms with Gasteiger partial charge < -0.3 is 0 Å². The molecule has 0 spiro atoms. The zero-order valence-corrected chi connectivity index (χ0v) is 11.0. The normalized spacial score (nSPS) is 10.6. The maximum Gasteiger partial charge on any atom is 0.114 e. The number of hydrogen-bond acceptors (Lipinski definition) is 0. The monoisotopic (exact) mass is 226 g/mol. The molecule has 0 amide bonds. The molecule has 82 valence electrons. The van der Waals surface area contributed by atoms with E-state index in [1.54, 1.807) is 0 Å². The van der Waals surface area contributed by atoms with Crippen LogP contribution in [0.3, 0.4) is 0 Å². The van der Waals surface area contributed by atoms with Crippen LogP contribution < -0.4 is 16.4 Å². The Labute approximate surface area is 113 Å². The lowest BCUT2D eigenvalue weighted by Gasteiger charge is -2.18. The van der Waals surface area contributed by atoms with Crippen molar-refractivity contribution in [3.8, 4) is 11.1 Å². The minimum absolute atomic E-state index is 0.672. The van der Waals surface area contributed by atoms with Crippen molar-refractivity contribution in [1.82, 2.24) is 0 Å². The van der Waals surface area contributed by atoms with Crippen molar-refractivity contribution >= 4 is 39.9 Å². The fourth-order valence-electron chi connectivity index (χ4n) is 2.47. The topological polar surface area (TPSA) is 0 Å². The lowest BCUT2D eigenvalue weighted by molar-refractivity contribution is 1.40. The Morgan fingerprint density at radius 3 is 1.44 bits per heavy atom. The van der Waals surface area contributed by atoms with E-state index in [9.17, 15) is 0 Å². The molecule has 0 aliphatic heterocycles. The third-order valence-corrected chi connectivity index (χ3v) is 3.10. The lowest BCUT2D eigenvalue weighted by atomic mass is 9.72. The minimum atomic E-state index is 0.672. The summed E-state index contributed by atoms with van der Waals surface area (Å²) < 4.78 is 0. The Morgan fingerprint density at radius 2 is 1.00 bits per heavy atom. The summed E-state index contributed by atoms with van der Waals surface area (Å²) in [4.78, 5) is 0. The molecule has 0 atom stereocenters. The van der Waals surface area contributed by atoms with Crippen LogP contribution in [0, 0.1) is 20.8 Å². The van der Waals surface area contributed by atoms with Gasteiger partial charge in [-0.05, 0) is 37.5 Å². The quantitative estimate of drug-likeness (QED) is 0.626. The molecule has 0 bridgehead atoms. The fraction of sp³-hybridized carbons (Fsp3) is 0.200. The molecule has 3 heteroatoms. The van der Waals surface area contributed by atoms with Crippen LogP contribution >= 0.6 is 0 Å². The first-order valence-electron chi connectivity index (χ1n) is 5.93. The molecule has 2 rings (SSSR count). The highest BCUT2D eigenvalue weighted by Crippen LogP contribution is 2.19. The van der Waals surface area contributed by atoms with Crippen LogP contribution in [0.1, 0.15) is 16.7 Å². The molecule has 6 radical (unpaired) electrons. The van der Waals surface area contributed by atoms with E-state index in [1.165, 1.54) is 0 Å². The van der Waals surface area contributed by atoms with Gasteiger partial charge in [0.2, 0.25) is 0 Å². The van der Waals surface area contributed by atoms with Crippen LogP contribution in [0.4, 0.5) is 0 Å². The first-order chi connectivity index (χ1) is 8.40. The summed E-state index contributed by atoms with van der Waals surface area (Å²) >= 11 is 0. The SMILES string of the molecule is [B]c1cc(C)cc([B])c1-c1c([B])cc(C)cc1C. The molecule has 0 aliphatic carbocycles. The maximum atomic E-state index is 6.12. The molecule has 0 N–H and O–H groups in total. The van der Waals surface area contributed by atoms with Crippen molar-refractivity contribution in [2.45, 2.75) is 20.8 Å². The Balaban J connectivity index is 2.78. The first kappa shape index (κ1) is 13.1. The molecule has 0 saturated carbocycles. The second-order valence-corrected chi connectivity index (χ2v) is 4.86. The molecular formula is C15H13B3. The van der Waals surface area contributed by atoms with Crippen LogP contribution in [0.25, 0.3) is 11.1 Å². The summed E-state index contributed by atoms with van der Waals surface area (Å²) in [6.07, 6.45) is 0. The van der Waals surface area contributed by atoms with Gasteiger partial charge in [-0.25, -0.2) is 0 Å². The van der Waals surface area contributed by atoms with Crippen LogP contribution in [0.5, 0.6) is 0 Å². The highest BCUT2D eigenvalue weighted by atomic mass is 14.1. The molecule has 0 saturated heterocycles. The lowest BCUT2D eigenvalue weighted by Crippen LogP contribution is -2.24. The Morgan fingerprint density at radius 1 is 0.611 bits per heavy atom. The van der Waals surface area contributed by atoms with E-state index in [2.05, 4.69) is 6.07 Å². The first-order valence-corrected chi connectivity index (χ1v) is 5.93. The molecule has 0 heterocycles. The molecule has 2 aromatic rings. The number of hydrogen-bond donors (Lipinski definition) is 0. The van der Waals surface area contributed by atoms with Crippen LogP contribution in [0.15, 0.2) is 24.3 Å². The van der Waals surface area contributed by atoms with Gasteiger partial charge in [0.15, 0.2) is 0 Å². The van der Waals surface area contributed by atoms with Crippen molar-refractivity contribution in [3.05, 3.63) is 41.0 Å². The van der Waals surface area contributed by atoms with E-state index in [-0.39, 0.29) is 0 Å². The predicted octanol–water partition coefficient (Wildman–Crippen LogP) is 0.660. The average molecular weight is 226 g/mol. The van der Waals surface area contributed by atoms with Crippen molar-refractivity contribution in [2.75, 3.05) is 0 Å². The third-order valence-electron chi connectivity index (χ3n) is 3.10. The van der Waals surface area contributed by atoms with E-state index in [0.717, 1.165) is 33.3 Å². The van der Waals surface area contributed by atoms with Gasteiger partial charge in [-0.2, -0.15) is 0 Å². The van der Waals surface area contributed by atoms with E-state index in [1.807, 2.05) is 39.0 Å². The molecule has 2 aromatic carbocycles. The van der Waals surface area contributed by atoms with Gasteiger partial charge in [0.1, 0.15) is 23.5 Å². The van der Waals surface area contributed by atoms with Crippen LogP contribution in [-0.2, 0) is 0 Å². The Kier molecular flexibility index (Phi) is 3.43. The third kappa shape index (κ3) is 2.27. The van der Waals surface area contributed by atoms with Crippen molar-refractivity contribution in [2.24, 2.45) is 0 Å². The van der Waals surface area contributed by atoms with E-state index in [0.29, 0.717) is 10.9 Å². The fourth-order valence-corrected chi connectivity index (χ4v) is 2.47. The van der Waals surface area contributed by atoms with Gasteiger partial charge in [-0.15, -0.1) is 0 Å². The Bertz CT molecular complexity index is 514. The van der Waals surface area contributed by atoms with Gasteiger partial charge >= 0.3 is 0 Å². The summed E-state index contributed by atoms with van der Waals surface area (Å²) in [5.74, 6) is 0. The van der Waals surface area contributed by atoms with Crippen molar-refractivity contribution in [1.29, 1.82) is 0 Å². The summed E-state index contributed by atoms with van der Waals surface area (Å²) in [7, 11) is 18.3. The standard InChI is InChI=1S/C15H13B3/c1-8-4-10(3)14(11(16)5-8)15-12(17)6-9(2)7-13(15)18/h4-7H,1-3H3. The van der Waals surface area contributed by atoms with E-state index >= 15 is 0 Å². The zero-order valence-electron chi connectivity index (χ0n) is 11.0. The predicted molar refractivity (Wildman–Crippen MR) is 82.3 cm³/mol. The zero-order chi connectivity index (χ0) is 13.4. The van der Waals surface area contributed by atoms with Crippen molar-refractivity contribution < 1.29 is 0 Å². The molecule has 18 heavy (non-hydrogen) atoms. The molecule has 0 fully saturated rings. The number of benzene rings is 2. The van der Waals surface area contributed by atoms with Crippen molar-refractivity contribution in [3.63, 3.8) is 0 Å². The summed E-state index contributed by atoms with van der Waals surface area (Å²) in [5.41, 5.74) is 7.13. The smallest absolute Gasteiger partial charge is 0.0893 e. The highest BCUT2D eigenvalue weighted by molar-refractivity contribution is 6.46. The molecule has 0 unspecified atom stereocenters. The largest absolute Gasteiger partial charge is 0.114 e. The number of rotatable bonds is 1. The summed E-state index contributed by atoms with van der Waals surface area (Å²) in [5, 5.41) is 0. The maximum absolute atomic E-state index is 6.12.